The number of nitrogens with one attached hydrogen (secondary N) is 1. The third-order valence-electron chi connectivity index (χ3n) is 4.66. The molecular weight excluding hydrogens is 262 g/mol. The number of rotatable bonds is 6. The molecule has 0 saturated heterocycles. The Morgan fingerprint density at radius 3 is 2.52 bits per heavy atom. The highest BCUT2D eigenvalue weighted by Crippen LogP contribution is 2.28. The van der Waals surface area contributed by atoms with Gasteiger partial charge in [0, 0.05) is 25.0 Å². The van der Waals surface area contributed by atoms with Crippen molar-refractivity contribution >= 4 is 5.91 Å². The first-order valence-corrected chi connectivity index (χ1v) is 8.14. The molecule has 116 valence electrons. The molecule has 21 heavy (non-hydrogen) atoms. The summed E-state index contributed by atoms with van der Waals surface area (Å²) in [6.07, 6.45) is 5.05. The largest absolute Gasteiger partial charge is 0.396 e. The van der Waals surface area contributed by atoms with Gasteiger partial charge in [-0.25, -0.2) is 0 Å². The van der Waals surface area contributed by atoms with E-state index in [1.165, 1.54) is 5.56 Å². The quantitative estimate of drug-likeness (QED) is 0.845. The van der Waals surface area contributed by atoms with E-state index in [0.717, 1.165) is 31.6 Å². The Hall–Kier alpha value is -1.35. The molecule has 0 aliphatic heterocycles. The van der Waals surface area contributed by atoms with Gasteiger partial charge in [-0.2, -0.15) is 0 Å². The number of amides is 1. The number of aliphatic hydroxyl groups is 1. The highest BCUT2D eigenvalue weighted by Gasteiger charge is 2.24. The summed E-state index contributed by atoms with van der Waals surface area (Å²) in [4.78, 5) is 12.3. The summed E-state index contributed by atoms with van der Waals surface area (Å²) in [5, 5.41) is 12.3. The summed E-state index contributed by atoms with van der Waals surface area (Å²) < 4.78 is 0. The van der Waals surface area contributed by atoms with Gasteiger partial charge in [0.05, 0.1) is 0 Å². The van der Waals surface area contributed by atoms with Gasteiger partial charge in [-0.15, -0.1) is 0 Å². The molecule has 0 bridgehead atoms. The van der Waals surface area contributed by atoms with Crippen molar-refractivity contribution in [2.24, 2.45) is 11.8 Å². The molecule has 2 rings (SSSR count). The predicted molar refractivity (Wildman–Crippen MR) is 85.0 cm³/mol. The molecule has 1 aliphatic rings. The second-order valence-corrected chi connectivity index (χ2v) is 6.32. The molecule has 0 heterocycles. The van der Waals surface area contributed by atoms with Crippen LogP contribution in [0.2, 0.25) is 0 Å². The first-order chi connectivity index (χ1) is 10.2. The summed E-state index contributed by atoms with van der Waals surface area (Å²) in [6.45, 7) is 3.03. The lowest BCUT2D eigenvalue weighted by atomic mass is 9.82. The molecule has 1 fully saturated rings. The van der Waals surface area contributed by atoms with Gasteiger partial charge < -0.3 is 10.4 Å². The summed E-state index contributed by atoms with van der Waals surface area (Å²) >= 11 is 0. The third-order valence-corrected chi connectivity index (χ3v) is 4.66. The summed E-state index contributed by atoms with van der Waals surface area (Å²) in [5.74, 6) is 1.34. The summed E-state index contributed by atoms with van der Waals surface area (Å²) in [5.41, 5.74) is 1.18. The Morgan fingerprint density at radius 1 is 1.24 bits per heavy atom. The monoisotopic (exact) mass is 289 g/mol. The van der Waals surface area contributed by atoms with Crippen LogP contribution in [0.3, 0.4) is 0 Å². The van der Waals surface area contributed by atoms with Crippen molar-refractivity contribution < 1.29 is 9.90 Å². The number of carbonyl (C=O) groups is 1. The van der Waals surface area contributed by atoms with E-state index in [1.54, 1.807) is 0 Å². The van der Waals surface area contributed by atoms with Crippen LogP contribution in [0.15, 0.2) is 30.3 Å². The van der Waals surface area contributed by atoms with Crippen molar-refractivity contribution in [3.8, 4) is 0 Å². The topological polar surface area (TPSA) is 49.3 Å². The van der Waals surface area contributed by atoms with Gasteiger partial charge in [-0.3, -0.25) is 4.79 Å². The van der Waals surface area contributed by atoms with Gasteiger partial charge in [-0.1, -0.05) is 37.3 Å². The van der Waals surface area contributed by atoms with Crippen molar-refractivity contribution in [2.75, 3.05) is 13.2 Å². The van der Waals surface area contributed by atoms with Gasteiger partial charge in [0.15, 0.2) is 0 Å². The minimum Gasteiger partial charge on any atom is -0.396 e. The van der Waals surface area contributed by atoms with Crippen molar-refractivity contribution in [3.63, 3.8) is 0 Å². The fourth-order valence-electron chi connectivity index (χ4n) is 3.16. The maximum Gasteiger partial charge on any atom is 0.223 e. The molecule has 1 aliphatic carbocycles. The van der Waals surface area contributed by atoms with Crippen LogP contribution < -0.4 is 5.32 Å². The molecule has 1 aromatic rings. The fraction of sp³-hybridized carbons (Fsp3) is 0.611. The zero-order valence-corrected chi connectivity index (χ0v) is 12.9. The lowest BCUT2D eigenvalue weighted by molar-refractivity contribution is -0.126. The zero-order valence-electron chi connectivity index (χ0n) is 12.9. The van der Waals surface area contributed by atoms with E-state index in [2.05, 4.69) is 24.4 Å². The number of hydrogen-bond donors (Lipinski definition) is 2. The first-order valence-electron chi connectivity index (χ1n) is 8.14. The highest BCUT2D eigenvalue weighted by atomic mass is 16.3. The highest BCUT2D eigenvalue weighted by molar-refractivity contribution is 5.78. The Morgan fingerprint density at radius 2 is 1.90 bits per heavy atom. The van der Waals surface area contributed by atoms with Crippen LogP contribution in [-0.2, 0) is 4.79 Å². The number of carbonyl (C=O) groups excluding carboxylic acids is 1. The van der Waals surface area contributed by atoms with E-state index in [9.17, 15) is 9.90 Å². The minimum atomic E-state index is 0.149. The van der Waals surface area contributed by atoms with Gasteiger partial charge in [0.1, 0.15) is 0 Å². The molecule has 1 atom stereocenters. The van der Waals surface area contributed by atoms with Crippen LogP contribution in [0.4, 0.5) is 0 Å². The van der Waals surface area contributed by atoms with E-state index in [0.29, 0.717) is 13.0 Å². The van der Waals surface area contributed by atoms with E-state index < -0.39 is 0 Å². The Labute approximate surface area is 127 Å². The average Bonchev–Trinajstić information content (AvgIpc) is 2.52. The lowest BCUT2D eigenvalue weighted by Gasteiger charge is -2.26. The smallest absolute Gasteiger partial charge is 0.223 e. The maximum absolute atomic E-state index is 12.3. The predicted octanol–water partition coefficient (Wildman–Crippen LogP) is 3.10. The molecule has 3 nitrogen and oxygen atoms in total. The van der Waals surface area contributed by atoms with Crippen molar-refractivity contribution in [2.45, 2.75) is 44.9 Å². The van der Waals surface area contributed by atoms with E-state index in [1.807, 2.05) is 18.2 Å². The molecule has 1 aromatic carbocycles. The van der Waals surface area contributed by atoms with Crippen molar-refractivity contribution in [1.82, 2.24) is 5.32 Å². The molecule has 3 heteroatoms. The summed E-state index contributed by atoms with van der Waals surface area (Å²) in [6, 6.07) is 10.1. The molecule has 0 radical (unpaired) electrons. The summed E-state index contributed by atoms with van der Waals surface area (Å²) in [7, 11) is 0. The average molecular weight is 289 g/mol. The Kier molecular flexibility index (Phi) is 6.24. The van der Waals surface area contributed by atoms with Crippen LogP contribution in [-0.4, -0.2) is 24.2 Å². The van der Waals surface area contributed by atoms with Gasteiger partial charge in [0.25, 0.3) is 0 Å². The molecule has 1 unspecified atom stereocenters. The Bertz CT molecular complexity index is 424. The lowest BCUT2D eigenvalue weighted by Crippen LogP contribution is -2.35. The van der Waals surface area contributed by atoms with Crippen molar-refractivity contribution in [1.29, 1.82) is 0 Å². The molecule has 2 N–H and O–H groups in total. The van der Waals surface area contributed by atoms with Crippen LogP contribution in [0, 0.1) is 11.8 Å². The van der Waals surface area contributed by atoms with Crippen LogP contribution in [0.1, 0.15) is 50.5 Å². The molecule has 0 aromatic heterocycles. The number of hydrogen-bond acceptors (Lipinski definition) is 2. The molecule has 1 saturated carbocycles. The standard InChI is InChI=1S/C18H27NO2/c1-14-7-9-16(10-8-14)18(21)19-13-17(11-12-20)15-5-3-2-4-6-15/h2-6,14,16-17,20H,7-13H2,1H3,(H,19,21). The van der Waals surface area contributed by atoms with E-state index in [4.69, 9.17) is 0 Å². The van der Waals surface area contributed by atoms with E-state index in [-0.39, 0.29) is 24.3 Å². The fourth-order valence-corrected chi connectivity index (χ4v) is 3.16. The maximum atomic E-state index is 12.3. The van der Waals surface area contributed by atoms with Gasteiger partial charge in [-0.05, 0) is 43.6 Å². The first kappa shape index (κ1) is 16.0. The van der Waals surface area contributed by atoms with Crippen LogP contribution >= 0.6 is 0 Å². The Balaban J connectivity index is 1.85. The van der Waals surface area contributed by atoms with E-state index >= 15 is 0 Å². The zero-order chi connectivity index (χ0) is 15.1. The van der Waals surface area contributed by atoms with Crippen LogP contribution in [0.5, 0.6) is 0 Å². The molecular formula is C18H27NO2. The van der Waals surface area contributed by atoms with Gasteiger partial charge in [0.2, 0.25) is 5.91 Å². The SMILES string of the molecule is CC1CCC(C(=O)NCC(CCO)c2ccccc2)CC1. The molecule has 1 amide bonds. The normalized spacial score (nSPS) is 23.5. The second-order valence-electron chi connectivity index (χ2n) is 6.32. The number of aliphatic hydroxyl groups excluding tert-OH is 1. The second kappa shape index (κ2) is 8.18. The van der Waals surface area contributed by atoms with Crippen molar-refractivity contribution in [3.05, 3.63) is 35.9 Å². The minimum absolute atomic E-state index is 0.149. The number of benzene rings is 1. The van der Waals surface area contributed by atoms with Gasteiger partial charge >= 0.3 is 0 Å². The van der Waals surface area contributed by atoms with Crippen LogP contribution in [0.25, 0.3) is 0 Å². The molecule has 0 spiro atoms. The third kappa shape index (κ3) is 4.85.